The molecule has 0 radical (unpaired) electrons. The van der Waals surface area contributed by atoms with Crippen LogP contribution >= 0.6 is 0 Å². The predicted octanol–water partition coefficient (Wildman–Crippen LogP) is 1.56. The first-order valence-electron chi connectivity index (χ1n) is 5.73. The molecule has 0 bridgehead atoms. The van der Waals surface area contributed by atoms with E-state index in [2.05, 4.69) is 0 Å². The molecule has 0 aliphatic carbocycles. The smallest absolute Gasteiger partial charge is 0.254 e. The Morgan fingerprint density at radius 3 is 2.00 bits per heavy atom. The van der Waals surface area contributed by atoms with Crippen molar-refractivity contribution in [3.63, 3.8) is 0 Å². The molecule has 1 fully saturated rings. The molecule has 18 heavy (non-hydrogen) atoms. The van der Waals surface area contributed by atoms with E-state index in [0.29, 0.717) is 28.9 Å². The Kier molecular flexibility index (Phi) is 3.32. The minimum absolute atomic E-state index is 0.0123. The summed E-state index contributed by atoms with van der Waals surface area (Å²) in [4.78, 5) is 13.9. The Bertz CT molecular complexity index is 447. The van der Waals surface area contributed by atoms with Gasteiger partial charge >= 0.3 is 0 Å². The summed E-state index contributed by atoms with van der Waals surface area (Å²) in [5.74, 6) is 1.47. The maximum atomic E-state index is 12.1. The highest BCUT2D eigenvalue weighted by Crippen LogP contribution is 2.39. The second-order valence-electron chi connectivity index (χ2n) is 4.22. The molecule has 1 saturated heterocycles. The fraction of sp³-hybridized carbons (Fsp3) is 0.462. The van der Waals surface area contributed by atoms with Crippen LogP contribution < -0.4 is 14.2 Å². The van der Waals surface area contributed by atoms with Gasteiger partial charge in [-0.3, -0.25) is 4.79 Å². The Morgan fingerprint density at radius 2 is 1.67 bits per heavy atom. The highest BCUT2D eigenvalue weighted by atomic mass is 16.5. The number of methoxy groups -OCH3 is 3. The molecule has 1 unspecified atom stereocenters. The monoisotopic (exact) mass is 251 g/mol. The molecule has 1 heterocycles. The molecule has 1 aromatic rings. The van der Waals surface area contributed by atoms with Crippen molar-refractivity contribution in [3.8, 4) is 17.2 Å². The van der Waals surface area contributed by atoms with Gasteiger partial charge in [0.05, 0.1) is 21.3 Å². The van der Waals surface area contributed by atoms with E-state index in [0.717, 1.165) is 6.54 Å². The molecule has 2 rings (SSSR count). The summed E-state index contributed by atoms with van der Waals surface area (Å²) < 4.78 is 15.7. The molecule has 1 aliphatic heterocycles. The summed E-state index contributed by atoms with van der Waals surface area (Å²) in [5.41, 5.74) is 0.550. The third kappa shape index (κ3) is 2.08. The molecule has 1 amide bonds. The van der Waals surface area contributed by atoms with Crippen LogP contribution in [0.5, 0.6) is 17.2 Å². The standard InChI is InChI=1S/C13H17NO4/c1-8-7-14(8)13(15)9-5-10(16-2)12(18-4)11(6-9)17-3/h5-6,8H,7H2,1-4H3. The maximum absolute atomic E-state index is 12.1. The molecule has 1 aromatic carbocycles. The topological polar surface area (TPSA) is 47.8 Å². The lowest BCUT2D eigenvalue weighted by Gasteiger charge is -2.14. The fourth-order valence-electron chi connectivity index (χ4n) is 1.89. The summed E-state index contributed by atoms with van der Waals surface area (Å²) >= 11 is 0. The zero-order valence-corrected chi connectivity index (χ0v) is 11.0. The minimum Gasteiger partial charge on any atom is -0.493 e. The number of ether oxygens (including phenoxy) is 3. The van der Waals surface area contributed by atoms with Gasteiger partial charge in [-0.15, -0.1) is 0 Å². The number of nitrogens with zero attached hydrogens (tertiary/aromatic N) is 1. The van der Waals surface area contributed by atoms with E-state index in [-0.39, 0.29) is 5.91 Å². The van der Waals surface area contributed by atoms with Crippen LogP contribution in [-0.4, -0.2) is 44.7 Å². The highest BCUT2D eigenvalue weighted by molar-refractivity contribution is 5.97. The van der Waals surface area contributed by atoms with E-state index in [1.807, 2.05) is 6.92 Å². The zero-order valence-electron chi connectivity index (χ0n) is 11.0. The van der Waals surface area contributed by atoms with Gasteiger partial charge in [0, 0.05) is 18.2 Å². The van der Waals surface area contributed by atoms with E-state index in [1.165, 1.54) is 21.3 Å². The van der Waals surface area contributed by atoms with Crippen LogP contribution in [0.3, 0.4) is 0 Å². The maximum Gasteiger partial charge on any atom is 0.254 e. The minimum atomic E-state index is -0.0123. The van der Waals surface area contributed by atoms with Crippen molar-refractivity contribution in [3.05, 3.63) is 17.7 Å². The molecular formula is C13H17NO4. The predicted molar refractivity (Wildman–Crippen MR) is 66.6 cm³/mol. The van der Waals surface area contributed by atoms with Crippen LogP contribution in [0.4, 0.5) is 0 Å². The average Bonchev–Trinajstić information content (AvgIpc) is 3.13. The average molecular weight is 251 g/mol. The molecule has 1 aliphatic rings. The second kappa shape index (κ2) is 4.76. The largest absolute Gasteiger partial charge is 0.493 e. The van der Waals surface area contributed by atoms with Crippen molar-refractivity contribution in [2.75, 3.05) is 27.9 Å². The first-order chi connectivity index (χ1) is 8.62. The van der Waals surface area contributed by atoms with Crippen LogP contribution in [0.2, 0.25) is 0 Å². The Balaban J connectivity index is 2.40. The SMILES string of the molecule is COc1cc(C(=O)N2CC2C)cc(OC)c1OC. The lowest BCUT2D eigenvalue weighted by atomic mass is 10.1. The molecular weight excluding hydrogens is 234 g/mol. The van der Waals surface area contributed by atoms with E-state index < -0.39 is 0 Å². The fourth-order valence-corrected chi connectivity index (χ4v) is 1.89. The van der Waals surface area contributed by atoms with Gasteiger partial charge in [-0.05, 0) is 19.1 Å². The summed E-state index contributed by atoms with van der Waals surface area (Å²) in [7, 11) is 4.60. The number of rotatable bonds is 4. The van der Waals surface area contributed by atoms with E-state index >= 15 is 0 Å². The van der Waals surface area contributed by atoms with Gasteiger partial charge in [0.15, 0.2) is 11.5 Å². The molecule has 98 valence electrons. The summed E-state index contributed by atoms with van der Waals surface area (Å²) in [5, 5.41) is 0. The quantitative estimate of drug-likeness (QED) is 0.762. The molecule has 1 atom stereocenters. The van der Waals surface area contributed by atoms with E-state index in [9.17, 15) is 4.79 Å². The van der Waals surface area contributed by atoms with Crippen molar-refractivity contribution in [2.24, 2.45) is 0 Å². The Labute approximate surface area is 106 Å². The van der Waals surface area contributed by atoms with Gasteiger partial charge in [0.25, 0.3) is 5.91 Å². The molecule has 0 aromatic heterocycles. The number of amides is 1. The summed E-state index contributed by atoms with van der Waals surface area (Å²) in [6, 6.07) is 3.67. The van der Waals surface area contributed by atoms with Crippen LogP contribution in [0.1, 0.15) is 17.3 Å². The lowest BCUT2D eigenvalue weighted by molar-refractivity contribution is 0.0875. The highest BCUT2D eigenvalue weighted by Gasteiger charge is 2.35. The first kappa shape index (κ1) is 12.5. The van der Waals surface area contributed by atoms with Gasteiger partial charge in [0.2, 0.25) is 5.75 Å². The van der Waals surface area contributed by atoms with Crippen LogP contribution in [-0.2, 0) is 0 Å². The molecule has 0 saturated carbocycles. The van der Waals surface area contributed by atoms with Crippen molar-refractivity contribution >= 4 is 5.91 Å². The molecule has 0 spiro atoms. The van der Waals surface area contributed by atoms with Gasteiger partial charge in [0.1, 0.15) is 0 Å². The summed E-state index contributed by atoms with van der Waals surface area (Å²) in [6.45, 7) is 2.81. The number of hydrogen-bond acceptors (Lipinski definition) is 4. The first-order valence-corrected chi connectivity index (χ1v) is 5.73. The van der Waals surface area contributed by atoms with Gasteiger partial charge < -0.3 is 19.1 Å². The van der Waals surface area contributed by atoms with Gasteiger partial charge in [-0.25, -0.2) is 0 Å². The van der Waals surface area contributed by atoms with Crippen molar-refractivity contribution in [1.82, 2.24) is 4.90 Å². The molecule has 5 nitrogen and oxygen atoms in total. The number of benzene rings is 1. The van der Waals surface area contributed by atoms with Gasteiger partial charge in [-0.2, -0.15) is 0 Å². The van der Waals surface area contributed by atoms with E-state index in [1.54, 1.807) is 17.0 Å². The van der Waals surface area contributed by atoms with Crippen LogP contribution in [0, 0.1) is 0 Å². The summed E-state index contributed by atoms with van der Waals surface area (Å²) in [6.07, 6.45) is 0. The molecule has 0 N–H and O–H groups in total. The third-order valence-corrected chi connectivity index (χ3v) is 3.03. The van der Waals surface area contributed by atoms with Crippen molar-refractivity contribution < 1.29 is 19.0 Å². The molecule has 5 heteroatoms. The number of carbonyl (C=O) groups excluding carboxylic acids is 1. The van der Waals surface area contributed by atoms with E-state index in [4.69, 9.17) is 14.2 Å². The van der Waals surface area contributed by atoms with Crippen LogP contribution in [0.15, 0.2) is 12.1 Å². The zero-order chi connectivity index (χ0) is 13.3. The third-order valence-electron chi connectivity index (χ3n) is 3.03. The Hall–Kier alpha value is -1.91. The Morgan fingerprint density at radius 1 is 1.17 bits per heavy atom. The lowest BCUT2D eigenvalue weighted by Crippen LogP contribution is -2.13. The number of hydrogen-bond donors (Lipinski definition) is 0. The second-order valence-corrected chi connectivity index (χ2v) is 4.22. The van der Waals surface area contributed by atoms with Gasteiger partial charge in [-0.1, -0.05) is 0 Å². The van der Waals surface area contributed by atoms with Crippen LogP contribution in [0.25, 0.3) is 0 Å². The van der Waals surface area contributed by atoms with Crippen molar-refractivity contribution in [1.29, 1.82) is 0 Å². The normalized spacial score (nSPS) is 17.3. The number of carbonyl (C=O) groups is 1. The van der Waals surface area contributed by atoms with Crippen molar-refractivity contribution in [2.45, 2.75) is 13.0 Å².